The number of aliphatic hydroxyl groups excluding tert-OH is 1. The summed E-state index contributed by atoms with van der Waals surface area (Å²) in [6, 6.07) is 0. The quantitative estimate of drug-likeness (QED) is 0.656. The van der Waals surface area contributed by atoms with Gasteiger partial charge in [0.1, 0.15) is 6.73 Å². The minimum absolute atomic E-state index is 0.203. The maximum atomic E-state index is 11.0. The summed E-state index contributed by atoms with van der Waals surface area (Å²) < 4.78 is 5.07. The summed E-state index contributed by atoms with van der Waals surface area (Å²) >= 11 is 1.24. The molecule has 1 aliphatic rings. The normalized spacial score (nSPS) is 17.7. The smallest absolute Gasteiger partial charge is 0.268 e. The fourth-order valence-corrected chi connectivity index (χ4v) is 1.44. The molecule has 68 valence electrons. The minimum Gasteiger partial charge on any atom is -0.472 e. The summed E-state index contributed by atoms with van der Waals surface area (Å²) in [5.74, 6) is 0.0744. The van der Waals surface area contributed by atoms with E-state index in [1.54, 1.807) is 0 Å². The Morgan fingerprint density at radius 1 is 1.83 bits per heavy atom. The molecule has 0 aromatic heterocycles. The van der Waals surface area contributed by atoms with Crippen molar-refractivity contribution < 1.29 is 14.6 Å². The number of aliphatic hydroxyl groups is 1. The number of carbonyl (C=O) groups is 1. The molecule has 0 fully saturated rings. The van der Waals surface area contributed by atoms with Gasteiger partial charge in [-0.2, -0.15) is 0 Å². The van der Waals surface area contributed by atoms with E-state index in [9.17, 15) is 4.79 Å². The van der Waals surface area contributed by atoms with Gasteiger partial charge in [0.25, 0.3) is 11.1 Å². The summed E-state index contributed by atoms with van der Waals surface area (Å²) in [5.41, 5.74) is 0. The first-order valence-electron chi connectivity index (χ1n) is 3.53. The number of hydrogen-bond acceptors (Lipinski definition) is 5. The number of amides is 1. The van der Waals surface area contributed by atoms with Gasteiger partial charge in [0.05, 0.1) is 12.4 Å². The lowest BCUT2D eigenvalue weighted by atomic mass is 10.7. The fourth-order valence-electron chi connectivity index (χ4n) is 0.686. The first-order chi connectivity index (χ1) is 5.77. The van der Waals surface area contributed by atoms with E-state index in [4.69, 9.17) is 9.84 Å². The second kappa shape index (κ2) is 4.32. The van der Waals surface area contributed by atoms with Gasteiger partial charge < -0.3 is 9.84 Å². The third-order valence-corrected chi connectivity index (χ3v) is 2.05. The largest absolute Gasteiger partial charge is 0.472 e. The van der Waals surface area contributed by atoms with E-state index >= 15 is 0 Å². The van der Waals surface area contributed by atoms with E-state index in [0.29, 0.717) is 11.8 Å². The molecule has 0 aromatic carbocycles. The molecule has 6 heteroatoms. The van der Waals surface area contributed by atoms with Crippen LogP contribution < -0.4 is 0 Å². The highest BCUT2D eigenvalue weighted by Crippen LogP contribution is 2.14. The van der Waals surface area contributed by atoms with Gasteiger partial charge >= 0.3 is 0 Å². The molecule has 0 aromatic rings. The van der Waals surface area contributed by atoms with Gasteiger partial charge in [-0.05, 0) is 6.92 Å². The van der Waals surface area contributed by atoms with E-state index in [2.05, 4.69) is 5.10 Å². The van der Waals surface area contributed by atoms with Crippen LogP contribution in [0.1, 0.15) is 6.92 Å². The Balaban J connectivity index is 2.60. The molecule has 1 heterocycles. The van der Waals surface area contributed by atoms with Crippen LogP contribution in [0.5, 0.6) is 0 Å². The van der Waals surface area contributed by atoms with E-state index in [1.807, 2.05) is 6.92 Å². The van der Waals surface area contributed by atoms with Gasteiger partial charge in [0.2, 0.25) is 0 Å². The van der Waals surface area contributed by atoms with E-state index < -0.39 is 6.73 Å². The fraction of sp³-hybridized carbons (Fsp3) is 0.667. The Bertz CT molecular complexity index is 207. The van der Waals surface area contributed by atoms with Gasteiger partial charge in [-0.15, -0.1) is 5.10 Å². The topological polar surface area (TPSA) is 62.1 Å². The van der Waals surface area contributed by atoms with Crippen LogP contribution in [-0.4, -0.2) is 40.3 Å². The number of nitrogens with zero attached hydrogens (tertiary/aromatic N) is 2. The van der Waals surface area contributed by atoms with Crippen molar-refractivity contribution in [3.8, 4) is 0 Å². The second-order valence-electron chi connectivity index (χ2n) is 2.02. The Morgan fingerprint density at radius 2 is 2.58 bits per heavy atom. The average Bonchev–Trinajstić information content (AvgIpc) is 2.09. The van der Waals surface area contributed by atoms with Crippen molar-refractivity contribution in [2.45, 2.75) is 6.92 Å². The zero-order valence-corrected chi connectivity index (χ0v) is 7.50. The molecule has 1 amide bonds. The van der Waals surface area contributed by atoms with Crippen LogP contribution in [0.2, 0.25) is 0 Å². The van der Waals surface area contributed by atoms with Gasteiger partial charge in [-0.1, -0.05) is 11.8 Å². The van der Waals surface area contributed by atoms with Crippen LogP contribution in [0, 0.1) is 0 Å². The van der Waals surface area contributed by atoms with Crippen molar-refractivity contribution in [1.82, 2.24) is 5.01 Å². The molecule has 5 nitrogen and oxygen atoms in total. The maximum absolute atomic E-state index is 11.0. The Morgan fingerprint density at radius 3 is 3.17 bits per heavy atom. The van der Waals surface area contributed by atoms with Crippen LogP contribution in [-0.2, 0) is 9.53 Å². The van der Waals surface area contributed by atoms with Crippen molar-refractivity contribution in [2.75, 3.05) is 19.1 Å². The van der Waals surface area contributed by atoms with Crippen LogP contribution in [0.25, 0.3) is 0 Å². The van der Waals surface area contributed by atoms with E-state index in [1.165, 1.54) is 11.8 Å². The first-order valence-corrected chi connectivity index (χ1v) is 4.52. The molecule has 0 radical (unpaired) electrons. The second-order valence-corrected chi connectivity index (χ2v) is 2.95. The SMILES string of the molecule is CCOC1=NN(CO)C(=O)CS1. The number of thioether (sulfide) groups is 1. The number of hydrogen-bond donors (Lipinski definition) is 1. The predicted molar refractivity (Wildman–Crippen MR) is 45.5 cm³/mol. The predicted octanol–water partition coefficient (Wildman–Crippen LogP) is -0.181. The zero-order valence-electron chi connectivity index (χ0n) is 6.69. The van der Waals surface area contributed by atoms with Crippen LogP contribution >= 0.6 is 11.8 Å². The Hall–Kier alpha value is -0.750. The van der Waals surface area contributed by atoms with Gasteiger partial charge in [-0.3, -0.25) is 4.79 Å². The first kappa shape index (κ1) is 9.34. The molecular weight excluding hydrogens is 180 g/mol. The monoisotopic (exact) mass is 190 g/mol. The van der Waals surface area contributed by atoms with Crippen LogP contribution in [0.4, 0.5) is 0 Å². The summed E-state index contributed by atoms with van der Waals surface area (Å²) in [7, 11) is 0. The molecule has 0 saturated carbocycles. The van der Waals surface area contributed by atoms with Crippen LogP contribution in [0.15, 0.2) is 5.10 Å². The van der Waals surface area contributed by atoms with Crippen molar-refractivity contribution >= 4 is 22.9 Å². The number of ether oxygens (including phenoxy) is 1. The summed E-state index contributed by atoms with van der Waals surface area (Å²) in [6.07, 6.45) is 0. The highest BCUT2D eigenvalue weighted by atomic mass is 32.2. The van der Waals surface area contributed by atoms with E-state index in [-0.39, 0.29) is 11.7 Å². The minimum atomic E-state index is -0.393. The van der Waals surface area contributed by atoms with Gasteiger partial charge in [0, 0.05) is 0 Å². The van der Waals surface area contributed by atoms with Crippen molar-refractivity contribution in [3.63, 3.8) is 0 Å². The molecule has 0 aliphatic carbocycles. The zero-order chi connectivity index (χ0) is 8.97. The third-order valence-electron chi connectivity index (χ3n) is 1.21. The summed E-state index contributed by atoms with van der Waals surface area (Å²) in [5, 5.41) is 13.9. The Kier molecular flexibility index (Phi) is 3.36. The molecule has 0 unspecified atom stereocenters. The maximum Gasteiger partial charge on any atom is 0.268 e. The lowest BCUT2D eigenvalue weighted by Crippen LogP contribution is -2.33. The highest BCUT2D eigenvalue weighted by Gasteiger charge is 2.20. The van der Waals surface area contributed by atoms with Crippen molar-refractivity contribution in [1.29, 1.82) is 0 Å². The molecular formula is C6H10N2O3S. The number of hydrazone groups is 1. The standard InChI is InChI=1S/C6H10N2O3S/c1-2-11-6-7-8(4-9)5(10)3-12-6/h9H,2-4H2,1H3. The molecule has 1 rings (SSSR count). The van der Waals surface area contributed by atoms with Crippen LogP contribution in [0.3, 0.4) is 0 Å². The lowest BCUT2D eigenvalue weighted by molar-refractivity contribution is -0.132. The van der Waals surface area contributed by atoms with Crippen molar-refractivity contribution in [3.05, 3.63) is 0 Å². The lowest BCUT2D eigenvalue weighted by Gasteiger charge is -2.19. The number of carbonyl (C=O) groups excluding carboxylic acids is 1. The number of rotatable bonds is 2. The highest BCUT2D eigenvalue weighted by molar-refractivity contribution is 8.14. The van der Waals surface area contributed by atoms with Gasteiger partial charge in [-0.25, -0.2) is 5.01 Å². The average molecular weight is 190 g/mol. The van der Waals surface area contributed by atoms with Crippen molar-refractivity contribution in [2.24, 2.45) is 5.10 Å². The van der Waals surface area contributed by atoms with Gasteiger partial charge in [0.15, 0.2) is 0 Å². The van der Waals surface area contributed by atoms with E-state index in [0.717, 1.165) is 5.01 Å². The molecule has 0 bridgehead atoms. The molecule has 0 atom stereocenters. The summed E-state index contributed by atoms with van der Waals surface area (Å²) in [6.45, 7) is 1.96. The summed E-state index contributed by atoms with van der Waals surface area (Å²) in [4.78, 5) is 11.0. The Labute approximate surface area is 74.4 Å². The molecule has 1 aliphatic heterocycles. The molecule has 0 saturated heterocycles. The molecule has 0 spiro atoms. The third kappa shape index (κ3) is 2.12. The molecule has 1 N–H and O–H groups in total. The molecule has 12 heavy (non-hydrogen) atoms.